The molecule has 2 heterocycles. The summed E-state index contributed by atoms with van der Waals surface area (Å²) in [4.78, 5) is 3.27. The zero-order valence-electron chi connectivity index (χ0n) is 16.3. The van der Waals surface area contributed by atoms with E-state index in [1.54, 1.807) is 12.1 Å². The summed E-state index contributed by atoms with van der Waals surface area (Å²) in [6, 6.07) is 21.4. The van der Waals surface area contributed by atoms with E-state index in [1.807, 2.05) is 48.7 Å². The van der Waals surface area contributed by atoms with Gasteiger partial charge in [0.05, 0.1) is 11.8 Å². The molecule has 0 aliphatic carbocycles. The molecule has 1 aliphatic heterocycles. The van der Waals surface area contributed by atoms with E-state index in [0.29, 0.717) is 13.0 Å². The molecule has 1 N–H and O–H groups in total. The molecule has 0 saturated heterocycles. The lowest BCUT2D eigenvalue weighted by Crippen LogP contribution is -2.41. The quantitative estimate of drug-likeness (QED) is 0.516. The van der Waals surface area contributed by atoms with Crippen LogP contribution in [0.1, 0.15) is 28.3 Å². The van der Waals surface area contributed by atoms with Crippen molar-refractivity contribution in [3.63, 3.8) is 0 Å². The summed E-state index contributed by atoms with van der Waals surface area (Å²) < 4.78 is 42.8. The molecule has 6 heteroatoms. The molecule has 0 spiro atoms. The van der Waals surface area contributed by atoms with E-state index in [9.17, 15) is 12.8 Å². The molecule has 0 unspecified atom stereocenters. The van der Waals surface area contributed by atoms with Crippen LogP contribution < -0.4 is 0 Å². The van der Waals surface area contributed by atoms with E-state index < -0.39 is 21.9 Å². The minimum Gasteiger partial charge on any atom is -0.361 e. The zero-order chi connectivity index (χ0) is 20.7. The lowest BCUT2D eigenvalue weighted by atomic mass is 9.90. The number of aromatic nitrogens is 1. The number of halogens is 1. The number of para-hydroxylation sites is 1. The van der Waals surface area contributed by atoms with E-state index >= 15 is 0 Å². The second-order valence-corrected chi connectivity index (χ2v) is 9.52. The maximum absolute atomic E-state index is 14.2. The number of benzene rings is 3. The first-order chi connectivity index (χ1) is 14.5. The van der Waals surface area contributed by atoms with Crippen LogP contribution in [0.4, 0.5) is 4.39 Å². The van der Waals surface area contributed by atoms with Crippen molar-refractivity contribution in [1.29, 1.82) is 0 Å². The number of H-pyrrole nitrogens is 1. The van der Waals surface area contributed by atoms with Gasteiger partial charge in [-0.05, 0) is 29.7 Å². The van der Waals surface area contributed by atoms with Crippen LogP contribution >= 0.6 is 0 Å². The summed E-state index contributed by atoms with van der Waals surface area (Å²) in [6.07, 6.45) is 2.52. The second kappa shape index (κ2) is 7.38. The van der Waals surface area contributed by atoms with Gasteiger partial charge >= 0.3 is 0 Å². The smallest absolute Gasteiger partial charge is 0.219 e. The van der Waals surface area contributed by atoms with Crippen molar-refractivity contribution in [1.82, 2.24) is 9.29 Å². The van der Waals surface area contributed by atoms with E-state index in [0.717, 1.165) is 27.6 Å². The Morgan fingerprint density at radius 2 is 1.67 bits per heavy atom. The maximum atomic E-state index is 14.2. The summed E-state index contributed by atoms with van der Waals surface area (Å²) in [5.41, 5.74) is 4.18. The monoisotopic (exact) mass is 420 g/mol. The SMILES string of the molecule is O=S(=O)(Cc1ccccc1F)N1CCc2ccccc2[C@H]1c1c[nH]c2ccccc12. The van der Waals surface area contributed by atoms with Crippen LogP contribution in [-0.4, -0.2) is 24.3 Å². The Morgan fingerprint density at radius 1 is 0.933 bits per heavy atom. The van der Waals surface area contributed by atoms with Gasteiger partial charge in [0.15, 0.2) is 0 Å². The number of rotatable bonds is 4. The molecule has 1 aliphatic rings. The van der Waals surface area contributed by atoms with Crippen LogP contribution in [0, 0.1) is 5.82 Å². The molecule has 4 aromatic rings. The molecular weight excluding hydrogens is 399 g/mol. The Kier molecular flexibility index (Phi) is 4.68. The molecule has 0 radical (unpaired) electrons. The normalized spacial score (nSPS) is 17.2. The third kappa shape index (κ3) is 3.22. The van der Waals surface area contributed by atoms with Gasteiger partial charge in [0, 0.05) is 34.8 Å². The molecule has 0 bridgehead atoms. The van der Waals surface area contributed by atoms with Gasteiger partial charge in [-0.3, -0.25) is 0 Å². The molecule has 5 rings (SSSR count). The largest absolute Gasteiger partial charge is 0.361 e. The standard InChI is InChI=1S/C24H21FN2O2S/c25-22-11-5-2-8-18(22)16-30(28,29)27-14-13-17-7-1-3-9-19(17)24(27)21-15-26-23-12-6-4-10-20(21)23/h1-12,15,24,26H,13-14,16H2/t24-/m0/s1. The van der Waals surface area contributed by atoms with Crippen LogP contribution in [0.5, 0.6) is 0 Å². The van der Waals surface area contributed by atoms with Crippen molar-refractivity contribution in [3.8, 4) is 0 Å². The lowest BCUT2D eigenvalue weighted by Gasteiger charge is -2.36. The molecule has 152 valence electrons. The molecule has 0 fully saturated rings. The van der Waals surface area contributed by atoms with Crippen LogP contribution in [0.15, 0.2) is 79.0 Å². The fourth-order valence-corrected chi connectivity index (χ4v) is 6.09. The van der Waals surface area contributed by atoms with Crippen molar-refractivity contribution in [2.24, 2.45) is 0 Å². The Morgan fingerprint density at radius 3 is 2.53 bits per heavy atom. The Bertz CT molecular complexity index is 1330. The van der Waals surface area contributed by atoms with Gasteiger partial charge in [-0.15, -0.1) is 0 Å². The summed E-state index contributed by atoms with van der Waals surface area (Å²) in [6.45, 7) is 0.359. The maximum Gasteiger partial charge on any atom is 0.219 e. The van der Waals surface area contributed by atoms with E-state index in [1.165, 1.54) is 16.4 Å². The number of aromatic amines is 1. The number of hydrogen-bond donors (Lipinski definition) is 1. The second-order valence-electron chi connectivity index (χ2n) is 7.60. The summed E-state index contributed by atoms with van der Waals surface area (Å²) in [5.74, 6) is -0.858. The van der Waals surface area contributed by atoms with Gasteiger partial charge in [-0.1, -0.05) is 60.7 Å². The zero-order valence-corrected chi connectivity index (χ0v) is 17.1. The molecule has 1 atom stereocenters. The highest BCUT2D eigenvalue weighted by Gasteiger charge is 2.37. The molecule has 0 amide bonds. The Labute approximate surface area is 175 Å². The van der Waals surface area contributed by atoms with E-state index in [4.69, 9.17) is 0 Å². The molecule has 4 nitrogen and oxygen atoms in total. The van der Waals surface area contributed by atoms with Gasteiger partial charge in [0.2, 0.25) is 10.0 Å². The van der Waals surface area contributed by atoms with Crippen LogP contribution in [-0.2, 0) is 22.2 Å². The first kappa shape index (κ1) is 19.0. The molecule has 0 saturated carbocycles. The minimum atomic E-state index is -3.77. The van der Waals surface area contributed by atoms with E-state index in [2.05, 4.69) is 11.1 Å². The predicted molar refractivity (Wildman–Crippen MR) is 116 cm³/mol. The van der Waals surface area contributed by atoms with Gasteiger partial charge in [-0.2, -0.15) is 4.31 Å². The summed E-state index contributed by atoms with van der Waals surface area (Å²) in [7, 11) is -3.77. The van der Waals surface area contributed by atoms with Gasteiger partial charge < -0.3 is 4.98 Å². The molecular formula is C24H21FN2O2S. The van der Waals surface area contributed by atoms with Crippen molar-refractivity contribution in [2.45, 2.75) is 18.2 Å². The van der Waals surface area contributed by atoms with E-state index in [-0.39, 0.29) is 11.3 Å². The number of hydrogen-bond acceptors (Lipinski definition) is 2. The molecule has 30 heavy (non-hydrogen) atoms. The number of nitrogens with one attached hydrogen (secondary N) is 1. The third-order valence-electron chi connectivity index (χ3n) is 5.81. The van der Waals surface area contributed by atoms with Gasteiger partial charge in [0.25, 0.3) is 0 Å². The lowest BCUT2D eigenvalue weighted by molar-refractivity contribution is 0.345. The predicted octanol–water partition coefficient (Wildman–Crippen LogP) is 4.78. The summed E-state index contributed by atoms with van der Waals surface area (Å²) >= 11 is 0. The van der Waals surface area contributed by atoms with Crippen molar-refractivity contribution in [3.05, 3.63) is 107 Å². The third-order valence-corrected chi connectivity index (χ3v) is 7.59. The highest BCUT2D eigenvalue weighted by molar-refractivity contribution is 7.88. The fourth-order valence-electron chi connectivity index (χ4n) is 4.38. The number of nitrogens with zero attached hydrogens (tertiary/aromatic N) is 1. The molecule has 1 aromatic heterocycles. The highest BCUT2D eigenvalue weighted by Crippen LogP contribution is 2.40. The molecule has 3 aromatic carbocycles. The van der Waals surface area contributed by atoms with Crippen molar-refractivity contribution >= 4 is 20.9 Å². The van der Waals surface area contributed by atoms with Gasteiger partial charge in [0.1, 0.15) is 5.82 Å². The average molecular weight is 421 g/mol. The highest BCUT2D eigenvalue weighted by atomic mass is 32.2. The first-order valence-corrected chi connectivity index (χ1v) is 11.5. The van der Waals surface area contributed by atoms with Crippen LogP contribution in [0.3, 0.4) is 0 Å². The summed E-state index contributed by atoms with van der Waals surface area (Å²) in [5, 5.41) is 0.991. The Hall–Kier alpha value is -2.96. The number of fused-ring (bicyclic) bond motifs is 2. The number of sulfonamides is 1. The van der Waals surface area contributed by atoms with Gasteiger partial charge in [-0.25, -0.2) is 12.8 Å². The Balaban J connectivity index is 1.64. The van der Waals surface area contributed by atoms with Crippen LogP contribution in [0.25, 0.3) is 10.9 Å². The topological polar surface area (TPSA) is 53.2 Å². The van der Waals surface area contributed by atoms with Crippen molar-refractivity contribution in [2.75, 3.05) is 6.54 Å². The fraction of sp³-hybridized carbons (Fsp3) is 0.167. The van der Waals surface area contributed by atoms with Crippen molar-refractivity contribution < 1.29 is 12.8 Å². The minimum absolute atomic E-state index is 0.189. The average Bonchev–Trinajstić information content (AvgIpc) is 3.18. The first-order valence-electron chi connectivity index (χ1n) is 9.91. The van der Waals surface area contributed by atoms with Crippen LogP contribution in [0.2, 0.25) is 0 Å².